The standard InChI is InChI=1S/C24H27F2N5O/c1-16(19-14-18(25)8-9-22(19)30-12-10-29(3)11-13-30)28-24(32)20-15-27-31(17(20)2)23-7-5-4-6-21(23)26/h4-9,14-16H,10-13H2,1-3H3,(H,28,32). The number of nitrogens with zero attached hydrogens (tertiary/aromatic N) is 4. The number of piperazine rings is 1. The number of nitrogens with one attached hydrogen (secondary N) is 1. The van der Waals surface area contributed by atoms with Gasteiger partial charge in [-0.05, 0) is 51.2 Å². The Bertz CT molecular complexity index is 1120. The highest BCUT2D eigenvalue weighted by Gasteiger charge is 2.23. The number of amides is 1. The molecule has 2 heterocycles. The van der Waals surface area contributed by atoms with E-state index >= 15 is 0 Å². The highest BCUT2D eigenvalue weighted by atomic mass is 19.1. The van der Waals surface area contributed by atoms with Crippen LogP contribution < -0.4 is 10.2 Å². The molecule has 0 aliphatic carbocycles. The van der Waals surface area contributed by atoms with Crippen molar-refractivity contribution in [3.8, 4) is 5.69 Å². The summed E-state index contributed by atoms with van der Waals surface area (Å²) in [7, 11) is 2.08. The lowest BCUT2D eigenvalue weighted by atomic mass is 10.0. The Labute approximate surface area is 186 Å². The fourth-order valence-corrected chi connectivity index (χ4v) is 4.06. The van der Waals surface area contributed by atoms with E-state index in [0.29, 0.717) is 11.3 Å². The Balaban J connectivity index is 1.56. The molecule has 2 aromatic carbocycles. The van der Waals surface area contributed by atoms with Crippen LogP contribution in [0, 0.1) is 18.6 Å². The van der Waals surface area contributed by atoms with Crippen LogP contribution in [0.25, 0.3) is 5.69 Å². The molecule has 1 unspecified atom stereocenters. The molecule has 4 rings (SSSR count). The van der Waals surface area contributed by atoms with E-state index in [1.807, 2.05) is 6.92 Å². The molecule has 1 N–H and O–H groups in total. The lowest BCUT2D eigenvalue weighted by Gasteiger charge is -2.36. The molecule has 1 aromatic heterocycles. The first-order chi connectivity index (χ1) is 15.3. The van der Waals surface area contributed by atoms with Crippen molar-refractivity contribution in [1.29, 1.82) is 0 Å². The second-order valence-corrected chi connectivity index (χ2v) is 8.20. The van der Waals surface area contributed by atoms with Crippen LogP contribution in [0.5, 0.6) is 0 Å². The number of aromatic nitrogens is 2. The van der Waals surface area contributed by atoms with Gasteiger partial charge in [0.1, 0.15) is 17.3 Å². The molecule has 1 atom stereocenters. The second-order valence-electron chi connectivity index (χ2n) is 8.20. The summed E-state index contributed by atoms with van der Waals surface area (Å²) in [4.78, 5) is 17.5. The van der Waals surface area contributed by atoms with Gasteiger partial charge in [-0.3, -0.25) is 4.79 Å². The molecule has 6 nitrogen and oxygen atoms in total. The van der Waals surface area contributed by atoms with Gasteiger partial charge in [-0.2, -0.15) is 5.10 Å². The van der Waals surface area contributed by atoms with Crippen LogP contribution in [0.1, 0.15) is 34.6 Å². The largest absolute Gasteiger partial charge is 0.369 e. The second kappa shape index (κ2) is 9.08. The molecule has 168 valence electrons. The summed E-state index contributed by atoms with van der Waals surface area (Å²) in [6.45, 7) is 7.08. The third kappa shape index (κ3) is 4.36. The number of rotatable bonds is 5. The molecule has 0 spiro atoms. The minimum Gasteiger partial charge on any atom is -0.369 e. The van der Waals surface area contributed by atoms with Crippen molar-refractivity contribution in [2.45, 2.75) is 19.9 Å². The average molecular weight is 440 g/mol. The van der Waals surface area contributed by atoms with Gasteiger partial charge in [0.25, 0.3) is 5.91 Å². The predicted octanol–water partition coefficient (Wildman–Crippen LogP) is 3.70. The van der Waals surface area contributed by atoms with Gasteiger partial charge in [-0.1, -0.05) is 12.1 Å². The lowest BCUT2D eigenvalue weighted by Crippen LogP contribution is -2.45. The van der Waals surface area contributed by atoms with Crippen molar-refractivity contribution < 1.29 is 13.6 Å². The number of carbonyl (C=O) groups is 1. The van der Waals surface area contributed by atoms with E-state index in [9.17, 15) is 13.6 Å². The zero-order valence-corrected chi connectivity index (χ0v) is 18.5. The summed E-state index contributed by atoms with van der Waals surface area (Å²) in [5.41, 5.74) is 2.80. The fraction of sp³-hybridized carbons (Fsp3) is 0.333. The first kappa shape index (κ1) is 22.0. The van der Waals surface area contributed by atoms with Crippen molar-refractivity contribution in [3.63, 3.8) is 0 Å². The summed E-state index contributed by atoms with van der Waals surface area (Å²) in [5, 5.41) is 7.16. The van der Waals surface area contributed by atoms with Gasteiger partial charge in [-0.15, -0.1) is 0 Å². The Hall–Kier alpha value is -3.26. The van der Waals surface area contributed by atoms with Gasteiger partial charge in [0, 0.05) is 37.4 Å². The molecule has 1 aliphatic rings. The number of likely N-dealkylation sites (N-methyl/N-ethyl adjacent to an activating group) is 1. The summed E-state index contributed by atoms with van der Waals surface area (Å²) < 4.78 is 29.7. The number of carbonyl (C=O) groups excluding carboxylic acids is 1. The fourth-order valence-electron chi connectivity index (χ4n) is 4.06. The van der Waals surface area contributed by atoms with Gasteiger partial charge >= 0.3 is 0 Å². The lowest BCUT2D eigenvalue weighted by molar-refractivity contribution is 0.0939. The average Bonchev–Trinajstić information content (AvgIpc) is 3.16. The van der Waals surface area contributed by atoms with Crippen molar-refractivity contribution in [2.75, 3.05) is 38.1 Å². The smallest absolute Gasteiger partial charge is 0.255 e. The van der Waals surface area contributed by atoms with Gasteiger partial charge < -0.3 is 15.1 Å². The van der Waals surface area contributed by atoms with Gasteiger partial charge in [-0.25, -0.2) is 13.5 Å². The molecule has 1 aliphatic heterocycles. The maximum atomic E-state index is 14.2. The van der Waals surface area contributed by atoms with Gasteiger partial charge in [0.05, 0.1) is 23.5 Å². The summed E-state index contributed by atoms with van der Waals surface area (Å²) >= 11 is 0. The van der Waals surface area contributed by atoms with Crippen LogP contribution in [-0.2, 0) is 0 Å². The SMILES string of the molecule is Cc1c(C(=O)NC(C)c2cc(F)ccc2N2CCN(C)CC2)cnn1-c1ccccc1F. The number of halogens is 2. The molecule has 0 bridgehead atoms. The number of benzene rings is 2. The van der Waals surface area contributed by atoms with Crippen LogP contribution in [-0.4, -0.2) is 53.8 Å². The number of hydrogen-bond donors (Lipinski definition) is 1. The summed E-state index contributed by atoms with van der Waals surface area (Å²) in [5.74, 6) is -1.11. The molecule has 3 aromatic rings. The molecule has 8 heteroatoms. The predicted molar refractivity (Wildman–Crippen MR) is 120 cm³/mol. The number of anilines is 1. The van der Waals surface area contributed by atoms with E-state index < -0.39 is 11.9 Å². The number of para-hydroxylation sites is 1. The first-order valence-corrected chi connectivity index (χ1v) is 10.7. The van der Waals surface area contributed by atoms with E-state index in [2.05, 4.69) is 27.3 Å². The zero-order valence-electron chi connectivity index (χ0n) is 18.5. The van der Waals surface area contributed by atoms with E-state index in [1.54, 1.807) is 31.2 Å². The van der Waals surface area contributed by atoms with E-state index in [4.69, 9.17) is 0 Å². The Kier molecular flexibility index (Phi) is 6.23. The molecule has 1 amide bonds. The van der Waals surface area contributed by atoms with Gasteiger partial charge in [0.15, 0.2) is 0 Å². The van der Waals surface area contributed by atoms with Crippen LogP contribution in [0.15, 0.2) is 48.7 Å². The van der Waals surface area contributed by atoms with E-state index in [0.717, 1.165) is 37.4 Å². The highest BCUT2D eigenvalue weighted by Crippen LogP contribution is 2.29. The Morgan fingerprint density at radius 1 is 1.06 bits per heavy atom. The van der Waals surface area contributed by atoms with E-state index in [1.165, 1.54) is 29.1 Å². The molecule has 32 heavy (non-hydrogen) atoms. The third-order valence-electron chi connectivity index (χ3n) is 5.98. The Morgan fingerprint density at radius 3 is 2.50 bits per heavy atom. The van der Waals surface area contributed by atoms with Crippen molar-refractivity contribution >= 4 is 11.6 Å². The minimum atomic E-state index is -0.427. The maximum Gasteiger partial charge on any atom is 0.255 e. The molecule has 0 saturated carbocycles. The molecule has 1 saturated heterocycles. The summed E-state index contributed by atoms with van der Waals surface area (Å²) in [6.07, 6.45) is 1.43. The molecular formula is C24H27F2N5O. The van der Waals surface area contributed by atoms with Crippen LogP contribution in [0.3, 0.4) is 0 Å². The van der Waals surface area contributed by atoms with Crippen LogP contribution in [0.2, 0.25) is 0 Å². The third-order valence-corrected chi connectivity index (χ3v) is 5.98. The Morgan fingerprint density at radius 2 is 1.78 bits per heavy atom. The van der Waals surface area contributed by atoms with Crippen molar-refractivity contribution in [3.05, 3.63) is 77.1 Å². The minimum absolute atomic E-state index is 0.277. The topological polar surface area (TPSA) is 53.4 Å². The van der Waals surface area contributed by atoms with Crippen LogP contribution in [0.4, 0.5) is 14.5 Å². The zero-order chi connectivity index (χ0) is 22.8. The molecule has 1 fully saturated rings. The summed E-state index contributed by atoms with van der Waals surface area (Å²) in [6, 6.07) is 10.6. The first-order valence-electron chi connectivity index (χ1n) is 10.7. The molecule has 0 radical (unpaired) electrons. The monoisotopic (exact) mass is 439 g/mol. The van der Waals surface area contributed by atoms with Gasteiger partial charge in [0.2, 0.25) is 0 Å². The normalized spacial score (nSPS) is 15.6. The maximum absolute atomic E-state index is 14.2. The highest BCUT2D eigenvalue weighted by molar-refractivity contribution is 5.95. The van der Waals surface area contributed by atoms with Crippen molar-refractivity contribution in [2.24, 2.45) is 0 Å². The number of hydrogen-bond acceptors (Lipinski definition) is 4. The van der Waals surface area contributed by atoms with Crippen molar-refractivity contribution in [1.82, 2.24) is 20.0 Å². The quantitative estimate of drug-likeness (QED) is 0.659. The molecular weight excluding hydrogens is 412 g/mol. The van der Waals surface area contributed by atoms with Crippen LogP contribution >= 0.6 is 0 Å². The van der Waals surface area contributed by atoms with E-state index in [-0.39, 0.29) is 17.4 Å².